The minimum absolute atomic E-state index is 0.171. The lowest BCUT2D eigenvalue weighted by atomic mass is 9.91. The molecule has 0 saturated heterocycles. The fourth-order valence-corrected chi connectivity index (χ4v) is 1.52. The standard InChI is InChI=1S/C9H15O2/c10-7-8-5-3-1-2-4-6-9(8)11/h7-8,10H,1-6H2. The van der Waals surface area contributed by atoms with Crippen molar-refractivity contribution in [3.8, 4) is 0 Å². The Morgan fingerprint density at radius 1 is 1.27 bits per heavy atom. The summed E-state index contributed by atoms with van der Waals surface area (Å²) in [4.78, 5) is 11.2. The Morgan fingerprint density at radius 2 is 2.00 bits per heavy atom. The summed E-state index contributed by atoms with van der Waals surface area (Å²) in [5.74, 6) is 0.0440. The molecule has 0 aliphatic heterocycles. The Morgan fingerprint density at radius 3 is 2.73 bits per heavy atom. The predicted molar refractivity (Wildman–Crippen MR) is 42.4 cm³/mol. The summed E-state index contributed by atoms with van der Waals surface area (Å²) >= 11 is 0. The highest BCUT2D eigenvalue weighted by Gasteiger charge is 2.18. The number of carbonyl (C=O) groups is 1. The van der Waals surface area contributed by atoms with Gasteiger partial charge in [0.05, 0.1) is 6.61 Å². The summed E-state index contributed by atoms with van der Waals surface area (Å²) in [7, 11) is 0. The fraction of sp³-hybridized carbons (Fsp3) is 0.778. The molecule has 0 amide bonds. The van der Waals surface area contributed by atoms with Gasteiger partial charge in [-0.15, -0.1) is 0 Å². The van der Waals surface area contributed by atoms with Crippen LogP contribution in [0.2, 0.25) is 0 Å². The van der Waals surface area contributed by atoms with Crippen molar-refractivity contribution in [2.75, 3.05) is 0 Å². The van der Waals surface area contributed by atoms with E-state index in [4.69, 9.17) is 5.11 Å². The zero-order chi connectivity index (χ0) is 8.10. The Bertz CT molecular complexity index is 132. The third kappa shape index (κ3) is 2.62. The minimum Gasteiger partial charge on any atom is -0.390 e. The van der Waals surface area contributed by atoms with Crippen LogP contribution >= 0.6 is 0 Å². The first-order valence-corrected chi connectivity index (χ1v) is 4.35. The lowest BCUT2D eigenvalue weighted by Crippen LogP contribution is -2.16. The highest BCUT2D eigenvalue weighted by molar-refractivity contribution is 5.81. The van der Waals surface area contributed by atoms with E-state index in [1.54, 1.807) is 0 Å². The van der Waals surface area contributed by atoms with Crippen LogP contribution in [0.4, 0.5) is 0 Å². The van der Waals surface area contributed by atoms with Crippen molar-refractivity contribution < 1.29 is 9.90 Å². The van der Waals surface area contributed by atoms with Gasteiger partial charge in [-0.2, -0.15) is 0 Å². The number of Topliss-reactive ketones (excluding diaryl/α,β-unsaturated/α-hetero) is 1. The zero-order valence-electron chi connectivity index (χ0n) is 6.75. The molecule has 1 N–H and O–H groups in total. The fourth-order valence-electron chi connectivity index (χ4n) is 1.52. The van der Waals surface area contributed by atoms with Crippen molar-refractivity contribution in [2.45, 2.75) is 38.5 Å². The number of aliphatic hydroxyl groups excluding tert-OH is 1. The summed E-state index contributed by atoms with van der Waals surface area (Å²) in [5, 5.41) is 8.73. The molecule has 2 nitrogen and oxygen atoms in total. The molecule has 1 atom stereocenters. The Balaban J connectivity index is 2.39. The summed E-state index contributed by atoms with van der Waals surface area (Å²) in [6.45, 7) is 1.06. The van der Waals surface area contributed by atoms with E-state index in [9.17, 15) is 4.79 Å². The van der Waals surface area contributed by atoms with Crippen LogP contribution in [0.15, 0.2) is 0 Å². The van der Waals surface area contributed by atoms with Crippen molar-refractivity contribution in [1.82, 2.24) is 0 Å². The maximum absolute atomic E-state index is 11.2. The van der Waals surface area contributed by atoms with Crippen LogP contribution in [0.25, 0.3) is 0 Å². The normalized spacial score (nSPS) is 27.7. The molecular formula is C9H15O2. The molecule has 11 heavy (non-hydrogen) atoms. The maximum atomic E-state index is 11.2. The Labute approximate surface area is 67.6 Å². The van der Waals surface area contributed by atoms with Crippen molar-refractivity contribution in [1.29, 1.82) is 0 Å². The minimum atomic E-state index is -0.171. The average molecular weight is 155 g/mol. The number of ketones is 1. The zero-order valence-corrected chi connectivity index (χ0v) is 6.75. The monoisotopic (exact) mass is 155 g/mol. The molecule has 2 heteroatoms. The highest BCUT2D eigenvalue weighted by Crippen LogP contribution is 2.20. The van der Waals surface area contributed by atoms with Crippen molar-refractivity contribution in [3.63, 3.8) is 0 Å². The SMILES string of the molecule is O=C1CCCCCCC1[CH]O. The quantitative estimate of drug-likeness (QED) is 0.629. The van der Waals surface area contributed by atoms with Gasteiger partial charge in [-0.1, -0.05) is 19.3 Å². The largest absolute Gasteiger partial charge is 0.390 e. The van der Waals surface area contributed by atoms with E-state index in [1.807, 2.05) is 0 Å². The number of aliphatic hydroxyl groups is 1. The molecule has 63 valence electrons. The molecule has 0 bridgehead atoms. The van der Waals surface area contributed by atoms with E-state index in [0.717, 1.165) is 25.9 Å². The summed E-state index contributed by atoms with van der Waals surface area (Å²) < 4.78 is 0. The third-order valence-electron chi connectivity index (χ3n) is 2.28. The van der Waals surface area contributed by atoms with Crippen LogP contribution in [-0.2, 0) is 4.79 Å². The molecule has 1 aliphatic carbocycles. The summed E-state index contributed by atoms with van der Waals surface area (Å²) in [6, 6.07) is 0. The molecule has 1 aliphatic rings. The summed E-state index contributed by atoms with van der Waals surface area (Å²) in [5.41, 5.74) is 0. The van der Waals surface area contributed by atoms with Gasteiger partial charge in [0.1, 0.15) is 5.78 Å². The molecule has 1 fully saturated rings. The molecule has 1 unspecified atom stereocenters. The topological polar surface area (TPSA) is 37.3 Å². The van der Waals surface area contributed by atoms with Gasteiger partial charge in [-0.05, 0) is 12.8 Å². The second-order valence-corrected chi connectivity index (χ2v) is 3.17. The van der Waals surface area contributed by atoms with E-state index in [-0.39, 0.29) is 11.7 Å². The van der Waals surface area contributed by atoms with Gasteiger partial charge in [0, 0.05) is 12.3 Å². The average Bonchev–Trinajstić information content (AvgIpc) is 1.98. The van der Waals surface area contributed by atoms with Crippen LogP contribution in [-0.4, -0.2) is 10.9 Å². The van der Waals surface area contributed by atoms with Gasteiger partial charge in [-0.25, -0.2) is 0 Å². The second-order valence-electron chi connectivity index (χ2n) is 3.17. The van der Waals surface area contributed by atoms with Crippen molar-refractivity contribution in [2.24, 2.45) is 5.92 Å². The number of hydrogen-bond acceptors (Lipinski definition) is 2. The molecule has 0 aromatic carbocycles. The predicted octanol–water partition coefficient (Wildman–Crippen LogP) is 2.06. The molecule has 1 rings (SSSR count). The van der Waals surface area contributed by atoms with E-state index in [2.05, 4.69) is 0 Å². The molecule has 1 radical (unpaired) electrons. The maximum Gasteiger partial charge on any atom is 0.138 e. The van der Waals surface area contributed by atoms with Gasteiger partial charge in [0.25, 0.3) is 0 Å². The van der Waals surface area contributed by atoms with Gasteiger partial charge in [0.2, 0.25) is 0 Å². The molecular weight excluding hydrogens is 140 g/mol. The van der Waals surface area contributed by atoms with E-state index >= 15 is 0 Å². The smallest absolute Gasteiger partial charge is 0.138 e. The van der Waals surface area contributed by atoms with Crippen LogP contribution < -0.4 is 0 Å². The van der Waals surface area contributed by atoms with Crippen LogP contribution in [0.1, 0.15) is 38.5 Å². The summed E-state index contributed by atoms with van der Waals surface area (Å²) in [6.07, 6.45) is 5.95. The molecule has 0 heterocycles. The molecule has 0 spiro atoms. The van der Waals surface area contributed by atoms with E-state index < -0.39 is 0 Å². The highest BCUT2D eigenvalue weighted by atomic mass is 16.3. The van der Waals surface area contributed by atoms with E-state index in [0.29, 0.717) is 6.42 Å². The van der Waals surface area contributed by atoms with Gasteiger partial charge >= 0.3 is 0 Å². The first kappa shape index (κ1) is 8.72. The second kappa shape index (κ2) is 4.50. The van der Waals surface area contributed by atoms with Gasteiger partial charge < -0.3 is 5.11 Å². The van der Waals surface area contributed by atoms with Gasteiger partial charge in [0.15, 0.2) is 0 Å². The van der Waals surface area contributed by atoms with Gasteiger partial charge in [-0.3, -0.25) is 4.79 Å². The first-order chi connectivity index (χ1) is 5.34. The number of hydrogen-bond donors (Lipinski definition) is 1. The molecule has 0 aromatic heterocycles. The molecule has 0 aromatic rings. The van der Waals surface area contributed by atoms with E-state index in [1.165, 1.54) is 12.8 Å². The van der Waals surface area contributed by atoms with Crippen molar-refractivity contribution >= 4 is 5.78 Å². The van der Waals surface area contributed by atoms with Crippen LogP contribution in [0, 0.1) is 12.5 Å². The van der Waals surface area contributed by atoms with Crippen LogP contribution in [0.3, 0.4) is 0 Å². The third-order valence-corrected chi connectivity index (χ3v) is 2.28. The Kier molecular flexibility index (Phi) is 3.57. The number of carbonyl (C=O) groups excluding carboxylic acids is 1. The van der Waals surface area contributed by atoms with Crippen molar-refractivity contribution in [3.05, 3.63) is 6.61 Å². The Hall–Kier alpha value is -0.370. The van der Waals surface area contributed by atoms with Crippen LogP contribution in [0.5, 0.6) is 0 Å². The first-order valence-electron chi connectivity index (χ1n) is 4.35. The molecule has 1 saturated carbocycles. The lowest BCUT2D eigenvalue weighted by molar-refractivity contribution is -0.123. The lowest BCUT2D eigenvalue weighted by Gasteiger charge is -2.14. The number of rotatable bonds is 1.